The zero-order chi connectivity index (χ0) is 12.7. The van der Waals surface area contributed by atoms with Crippen LogP contribution in [-0.4, -0.2) is 66.1 Å². The van der Waals surface area contributed by atoms with Gasteiger partial charge in [-0.25, -0.2) is 0 Å². The molecule has 0 aromatic heterocycles. The largest absolute Gasteiger partial charge is 0.379 e. The van der Waals surface area contributed by atoms with Gasteiger partial charge in [0.1, 0.15) is 0 Å². The summed E-state index contributed by atoms with van der Waals surface area (Å²) in [4.78, 5) is 0. The van der Waals surface area contributed by atoms with Gasteiger partial charge in [-0.05, 0) is 19.3 Å². The van der Waals surface area contributed by atoms with Crippen molar-refractivity contribution in [3.05, 3.63) is 0 Å². The summed E-state index contributed by atoms with van der Waals surface area (Å²) in [7, 11) is 0. The first-order valence-corrected chi connectivity index (χ1v) is 6.89. The lowest BCUT2D eigenvalue weighted by molar-refractivity contribution is -0.0135. The second kappa shape index (κ2) is 13.2. The van der Waals surface area contributed by atoms with E-state index in [1.807, 2.05) is 0 Å². The number of rotatable bonds is 0. The van der Waals surface area contributed by atoms with E-state index in [4.69, 9.17) is 23.7 Å². The molecule has 108 valence electrons. The summed E-state index contributed by atoms with van der Waals surface area (Å²) in [6.07, 6.45) is 3.32. The van der Waals surface area contributed by atoms with Crippen molar-refractivity contribution in [3.8, 4) is 0 Å². The minimum Gasteiger partial charge on any atom is -0.379 e. The van der Waals surface area contributed by atoms with Gasteiger partial charge in [0.15, 0.2) is 0 Å². The lowest BCUT2D eigenvalue weighted by Gasteiger charge is -2.09. The summed E-state index contributed by atoms with van der Waals surface area (Å²) in [6.45, 7) is 6.69. The molecule has 1 rings (SSSR count). The van der Waals surface area contributed by atoms with Crippen LogP contribution in [0.1, 0.15) is 19.3 Å². The van der Waals surface area contributed by atoms with Gasteiger partial charge in [0.25, 0.3) is 0 Å². The normalized spacial score (nSPS) is 24.0. The summed E-state index contributed by atoms with van der Waals surface area (Å²) >= 11 is 0. The fourth-order valence-electron chi connectivity index (χ4n) is 1.57. The molecule has 1 fully saturated rings. The Hall–Kier alpha value is -0.200. The second-order valence-corrected chi connectivity index (χ2v) is 4.12. The number of hydrogen-bond donors (Lipinski definition) is 0. The molecule has 0 atom stereocenters. The number of hydrogen-bond acceptors (Lipinski definition) is 5. The molecule has 0 aromatic carbocycles. The van der Waals surface area contributed by atoms with Crippen molar-refractivity contribution in [3.63, 3.8) is 0 Å². The van der Waals surface area contributed by atoms with Crippen molar-refractivity contribution in [2.24, 2.45) is 0 Å². The van der Waals surface area contributed by atoms with E-state index in [0.29, 0.717) is 52.9 Å². The average Bonchev–Trinajstić information content (AvgIpc) is 2.39. The van der Waals surface area contributed by atoms with E-state index in [9.17, 15) is 0 Å². The van der Waals surface area contributed by atoms with Gasteiger partial charge in [0, 0.05) is 13.2 Å². The smallest absolute Gasteiger partial charge is 0.0701 e. The van der Waals surface area contributed by atoms with Crippen molar-refractivity contribution < 1.29 is 23.7 Å². The predicted molar refractivity (Wildman–Crippen MR) is 67.9 cm³/mol. The van der Waals surface area contributed by atoms with Gasteiger partial charge in [0.05, 0.1) is 52.9 Å². The van der Waals surface area contributed by atoms with Crippen molar-refractivity contribution in [2.45, 2.75) is 19.3 Å². The van der Waals surface area contributed by atoms with Gasteiger partial charge in [-0.3, -0.25) is 0 Å². The monoisotopic (exact) mass is 262 g/mol. The molecular formula is C13H26O5. The molecule has 5 heteroatoms. The molecule has 1 saturated heterocycles. The maximum absolute atomic E-state index is 5.45. The van der Waals surface area contributed by atoms with Gasteiger partial charge in [-0.1, -0.05) is 0 Å². The fraction of sp³-hybridized carbons (Fsp3) is 1.00. The highest BCUT2D eigenvalue weighted by molar-refractivity contribution is 4.42. The van der Waals surface area contributed by atoms with Gasteiger partial charge >= 0.3 is 0 Å². The molecule has 0 unspecified atom stereocenters. The molecule has 5 nitrogen and oxygen atoms in total. The number of ether oxygens (including phenoxy) is 5. The average molecular weight is 262 g/mol. The Labute approximate surface area is 110 Å². The lowest BCUT2D eigenvalue weighted by Crippen LogP contribution is -2.14. The molecular weight excluding hydrogens is 236 g/mol. The highest BCUT2D eigenvalue weighted by Crippen LogP contribution is 1.97. The van der Waals surface area contributed by atoms with E-state index in [-0.39, 0.29) is 0 Å². The quantitative estimate of drug-likeness (QED) is 0.657. The van der Waals surface area contributed by atoms with Crippen LogP contribution in [0.15, 0.2) is 0 Å². The summed E-state index contributed by atoms with van der Waals surface area (Å²) in [6, 6.07) is 0. The molecule has 0 bridgehead atoms. The van der Waals surface area contributed by atoms with Gasteiger partial charge in [-0.2, -0.15) is 0 Å². The Morgan fingerprint density at radius 2 is 0.556 bits per heavy atom. The first kappa shape index (κ1) is 15.9. The summed E-state index contributed by atoms with van der Waals surface area (Å²) in [5.41, 5.74) is 0. The molecule has 0 aromatic rings. The zero-order valence-electron chi connectivity index (χ0n) is 11.2. The predicted octanol–water partition coefficient (Wildman–Crippen LogP) is 1.25. The van der Waals surface area contributed by atoms with Crippen LogP contribution in [0, 0.1) is 0 Å². The third-order valence-corrected chi connectivity index (χ3v) is 2.57. The van der Waals surface area contributed by atoms with Gasteiger partial charge < -0.3 is 23.7 Å². The van der Waals surface area contributed by atoms with E-state index in [2.05, 4.69) is 0 Å². The molecule has 1 aliphatic rings. The summed E-state index contributed by atoms with van der Waals surface area (Å²) in [5.74, 6) is 0. The van der Waals surface area contributed by atoms with Crippen LogP contribution < -0.4 is 0 Å². The zero-order valence-corrected chi connectivity index (χ0v) is 11.2. The van der Waals surface area contributed by atoms with Crippen LogP contribution in [0.4, 0.5) is 0 Å². The van der Waals surface area contributed by atoms with Crippen LogP contribution in [-0.2, 0) is 23.7 Å². The molecule has 18 heavy (non-hydrogen) atoms. The second-order valence-electron chi connectivity index (χ2n) is 4.12. The lowest BCUT2D eigenvalue weighted by atomic mass is 10.2. The first-order valence-electron chi connectivity index (χ1n) is 6.89. The van der Waals surface area contributed by atoms with E-state index in [0.717, 1.165) is 32.5 Å². The standard InChI is InChI=1S/C13H26O5/c1-2-4-14-6-8-16-10-12-18-13-11-17-9-7-15-5-3-1/h1-13H2. The molecule has 0 saturated carbocycles. The van der Waals surface area contributed by atoms with Crippen molar-refractivity contribution in [1.29, 1.82) is 0 Å². The Kier molecular flexibility index (Phi) is 11.7. The molecule has 0 radical (unpaired) electrons. The van der Waals surface area contributed by atoms with Crippen LogP contribution in [0.25, 0.3) is 0 Å². The summed E-state index contributed by atoms with van der Waals surface area (Å²) < 4.78 is 27.0. The topological polar surface area (TPSA) is 46.2 Å². The molecule has 0 N–H and O–H groups in total. The van der Waals surface area contributed by atoms with Crippen LogP contribution in [0.3, 0.4) is 0 Å². The minimum atomic E-state index is 0.611. The Morgan fingerprint density at radius 3 is 0.889 bits per heavy atom. The third-order valence-electron chi connectivity index (χ3n) is 2.57. The molecule has 1 aliphatic heterocycles. The maximum Gasteiger partial charge on any atom is 0.0701 e. The van der Waals surface area contributed by atoms with Crippen molar-refractivity contribution >= 4 is 0 Å². The molecule has 0 amide bonds. The van der Waals surface area contributed by atoms with Crippen molar-refractivity contribution in [2.75, 3.05) is 66.1 Å². The van der Waals surface area contributed by atoms with E-state index in [1.165, 1.54) is 0 Å². The first-order chi connectivity index (χ1) is 9.00. The minimum absolute atomic E-state index is 0.611. The highest BCUT2D eigenvalue weighted by atomic mass is 16.6. The van der Waals surface area contributed by atoms with Crippen LogP contribution in [0.2, 0.25) is 0 Å². The Bertz CT molecular complexity index is 90.4. The summed E-state index contributed by atoms with van der Waals surface area (Å²) in [5, 5.41) is 0. The molecule has 1 heterocycles. The van der Waals surface area contributed by atoms with Gasteiger partial charge in [0.2, 0.25) is 0 Å². The Balaban J connectivity index is 2.00. The molecule has 0 aliphatic carbocycles. The highest BCUT2D eigenvalue weighted by Gasteiger charge is 1.95. The van der Waals surface area contributed by atoms with E-state index >= 15 is 0 Å². The van der Waals surface area contributed by atoms with E-state index in [1.54, 1.807) is 0 Å². The van der Waals surface area contributed by atoms with Crippen molar-refractivity contribution in [1.82, 2.24) is 0 Å². The third kappa shape index (κ3) is 10.9. The van der Waals surface area contributed by atoms with Gasteiger partial charge in [-0.15, -0.1) is 0 Å². The van der Waals surface area contributed by atoms with Crippen LogP contribution >= 0.6 is 0 Å². The fourth-order valence-corrected chi connectivity index (χ4v) is 1.57. The Morgan fingerprint density at radius 1 is 0.278 bits per heavy atom. The van der Waals surface area contributed by atoms with Crippen LogP contribution in [0.5, 0.6) is 0 Å². The molecule has 0 spiro atoms. The van der Waals surface area contributed by atoms with E-state index < -0.39 is 0 Å². The SMILES string of the molecule is C1CCOCCOCCOCCOCCOCC1. The maximum atomic E-state index is 5.45.